The fraction of sp³-hybridized carbons (Fsp3) is 0.667. The highest BCUT2D eigenvalue weighted by Crippen LogP contribution is 2.51. The van der Waals surface area contributed by atoms with Crippen molar-refractivity contribution in [2.24, 2.45) is 12.5 Å². The lowest BCUT2D eigenvalue weighted by atomic mass is 9.60. The first-order valence-corrected chi connectivity index (χ1v) is 9.17. The van der Waals surface area contributed by atoms with E-state index < -0.39 is 0 Å². The van der Waals surface area contributed by atoms with E-state index in [2.05, 4.69) is 15.2 Å². The van der Waals surface area contributed by atoms with E-state index in [0.29, 0.717) is 24.0 Å². The smallest absolute Gasteiger partial charge is 0.274 e. The predicted molar refractivity (Wildman–Crippen MR) is 92.4 cm³/mol. The molecule has 1 aliphatic heterocycles. The molecule has 8 heteroatoms. The molecule has 4 rings (SSSR count). The Labute approximate surface area is 152 Å². The van der Waals surface area contributed by atoms with Crippen LogP contribution in [0.3, 0.4) is 0 Å². The Morgan fingerprint density at radius 2 is 2.12 bits per heavy atom. The third kappa shape index (κ3) is 3.02. The van der Waals surface area contributed by atoms with Gasteiger partial charge in [0.15, 0.2) is 11.5 Å². The molecule has 0 bridgehead atoms. The van der Waals surface area contributed by atoms with Gasteiger partial charge in [-0.3, -0.25) is 9.48 Å². The van der Waals surface area contributed by atoms with Crippen LogP contribution in [-0.2, 0) is 18.4 Å². The maximum absolute atomic E-state index is 12.7. The highest BCUT2D eigenvalue weighted by molar-refractivity contribution is 5.92. The summed E-state index contributed by atoms with van der Waals surface area (Å²) in [4.78, 5) is 18.8. The Balaban J connectivity index is 1.33. The molecule has 2 fully saturated rings. The first kappa shape index (κ1) is 17.2. The zero-order valence-corrected chi connectivity index (χ0v) is 15.6. The number of aryl methyl sites for hydroxylation is 3. The SMILES string of the molecule is Cc1noc(COC2CCC23CCN(C(=O)c2cc(C)n(C)n2)CC3)n1. The number of hydrogen-bond donors (Lipinski definition) is 0. The van der Waals surface area contributed by atoms with Gasteiger partial charge in [0.25, 0.3) is 11.8 Å². The minimum absolute atomic E-state index is 0.0293. The van der Waals surface area contributed by atoms with Gasteiger partial charge in [-0.05, 0) is 45.6 Å². The molecule has 0 N–H and O–H groups in total. The first-order chi connectivity index (χ1) is 12.5. The van der Waals surface area contributed by atoms with Gasteiger partial charge in [-0.1, -0.05) is 5.16 Å². The second-order valence-electron chi connectivity index (χ2n) is 7.52. The molecule has 1 spiro atoms. The average Bonchev–Trinajstić information content (AvgIpc) is 3.19. The monoisotopic (exact) mass is 359 g/mol. The largest absolute Gasteiger partial charge is 0.368 e. The van der Waals surface area contributed by atoms with Crippen molar-refractivity contribution in [3.8, 4) is 0 Å². The van der Waals surface area contributed by atoms with Gasteiger partial charge in [0.1, 0.15) is 6.61 Å². The van der Waals surface area contributed by atoms with Crippen molar-refractivity contribution >= 4 is 5.91 Å². The lowest BCUT2D eigenvalue weighted by Crippen LogP contribution is -2.54. The van der Waals surface area contributed by atoms with Gasteiger partial charge in [-0.2, -0.15) is 10.1 Å². The Morgan fingerprint density at radius 3 is 2.65 bits per heavy atom. The van der Waals surface area contributed by atoms with Crippen LogP contribution in [-0.4, -0.2) is 49.9 Å². The van der Waals surface area contributed by atoms with Crippen molar-refractivity contribution in [3.63, 3.8) is 0 Å². The molecular weight excluding hydrogens is 334 g/mol. The summed E-state index contributed by atoms with van der Waals surface area (Å²) in [5.74, 6) is 1.19. The fourth-order valence-electron chi connectivity index (χ4n) is 4.06. The molecule has 1 aliphatic carbocycles. The van der Waals surface area contributed by atoms with E-state index in [9.17, 15) is 4.79 Å². The lowest BCUT2D eigenvalue weighted by Gasteiger charge is -2.53. The van der Waals surface area contributed by atoms with Crippen LogP contribution in [0.2, 0.25) is 0 Å². The maximum atomic E-state index is 12.7. The molecule has 8 nitrogen and oxygen atoms in total. The summed E-state index contributed by atoms with van der Waals surface area (Å²) in [5.41, 5.74) is 1.71. The van der Waals surface area contributed by atoms with E-state index in [-0.39, 0.29) is 17.4 Å². The molecule has 1 atom stereocenters. The molecule has 3 heterocycles. The van der Waals surface area contributed by atoms with Gasteiger partial charge in [-0.15, -0.1) is 0 Å². The standard InChI is InChI=1S/C18H25N5O3/c1-12-10-14(20-22(12)3)17(24)23-8-6-18(7-9-23)5-4-15(18)25-11-16-19-13(2)21-26-16/h10,15H,4-9,11H2,1-3H3. The van der Waals surface area contributed by atoms with Crippen molar-refractivity contribution in [2.45, 2.75) is 52.2 Å². The molecule has 1 unspecified atom stereocenters. The van der Waals surface area contributed by atoms with E-state index in [1.54, 1.807) is 11.6 Å². The van der Waals surface area contributed by atoms with Crippen molar-refractivity contribution in [2.75, 3.05) is 13.1 Å². The van der Waals surface area contributed by atoms with Crippen LogP contribution >= 0.6 is 0 Å². The number of amides is 1. The summed E-state index contributed by atoms with van der Waals surface area (Å²) >= 11 is 0. The molecule has 140 valence electrons. The van der Waals surface area contributed by atoms with E-state index in [1.165, 1.54) is 0 Å². The van der Waals surface area contributed by atoms with Gasteiger partial charge in [0, 0.05) is 31.2 Å². The van der Waals surface area contributed by atoms with E-state index in [1.807, 2.05) is 24.9 Å². The van der Waals surface area contributed by atoms with Crippen LogP contribution in [0.15, 0.2) is 10.6 Å². The highest BCUT2D eigenvalue weighted by Gasteiger charge is 2.49. The van der Waals surface area contributed by atoms with Gasteiger partial charge in [0.05, 0.1) is 6.10 Å². The van der Waals surface area contributed by atoms with Gasteiger partial charge in [0.2, 0.25) is 0 Å². The number of piperidine rings is 1. The van der Waals surface area contributed by atoms with Gasteiger partial charge >= 0.3 is 0 Å². The fourth-order valence-corrected chi connectivity index (χ4v) is 4.06. The number of rotatable bonds is 4. The minimum atomic E-state index is 0.0293. The van der Waals surface area contributed by atoms with Crippen LogP contribution in [0, 0.1) is 19.3 Å². The molecule has 0 radical (unpaired) electrons. The summed E-state index contributed by atoms with van der Waals surface area (Å²) in [5, 5.41) is 8.10. The van der Waals surface area contributed by atoms with Crippen LogP contribution in [0.5, 0.6) is 0 Å². The van der Waals surface area contributed by atoms with Crippen molar-refractivity contribution in [1.82, 2.24) is 24.8 Å². The van der Waals surface area contributed by atoms with E-state index in [4.69, 9.17) is 9.26 Å². The Hall–Kier alpha value is -2.22. The van der Waals surface area contributed by atoms with Crippen LogP contribution < -0.4 is 0 Å². The van der Waals surface area contributed by atoms with Crippen LogP contribution in [0.1, 0.15) is 53.6 Å². The number of likely N-dealkylation sites (tertiary alicyclic amines) is 1. The average molecular weight is 359 g/mol. The molecule has 2 aliphatic rings. The number of carbonyl (C=O) groups excluding carboxylic acids is 1. The number of aromatic nitrogens is 4. The predicted octanol–water partition coefficient (Wildman–Crippen LogP) is 2.02. The Morgan fingerprint density at radius 1 is 1.35 bits per heavy atom. The summed E-state index contributed by atoms with van der Waals surface area (Å²) in [6.45, 7) is 5.63. The van der Waals surface area contributed by atoms with Crippen molar-refractivity contribution in [1.29, 1.82) is 0 Å². The summed E-state index contributed by atoms with van der Waals surface area (Å²) in [6.07, 6.45) is 4.37. The molecule has 2 aromatic heterocycles. The van der Waals surface area contributed by atoms with Gasteiger partial charge < -0.3 is 14.2 Å². The lowest BCUT2D eigenvalue weighted by molar-refractivity contribution is -0.143. The third-order valence-corrected chi connectivity index (χ3v) is 5.94. The molecule has 26 heavy (non-hydrogen) atoms. The molecule has 0 aromatic carbocycles. The van der Waals surface area contributed by atoms with E-state index >= 15 is 0 Å². The minimum Gasteiger partial charge on any atom is -0.368 e. The first-order valence-electron chi connectivity index (χ1n) is 9.17. The topological polar surface area (TPSA) is 86.3 Å². The molecule has 2 aromatic rings. The second kappa shape index (κ2) is 6.50. The van der Waals surface area contributed by atoms with Crippen molar-refractivity contribution in [3.05, 3.63) is 29.2 Å². The number of carbonyl (C=O) groups is 1. The summed E-state index contributed by atoms with van der Waals surface area (Å²) in [7, 11) is 1.86. The number of hydrogen-bond acceptors (Lipinski definition) is 6. The number of ether oxygens (including phenoxy) is 1. The molecule has 1 saturated carbocycles. The van der Waals surface area contributed by atoms with Crippen molar-refractivity contribution < 1.29 is 14.1 Å². The summed E-state index contributed by atoms with van der Waals surface area (Å²) < 4.78 is 12.9. The molecule has 1 amide bonds. The highest BCUT2D eigenvalue weighted by atomic mass is 16.5. The van der Waals surface area contributed by atoms with Gasteiger partial charge in [-0.25, -0.2) is 0 Å². The zero-order valence-electron chi connectivity index (χ0n) is 15.6. The number of nitrogens with zero attached hydrogens (tertiary/aromatic N) is 5. The zero-order chi connectivity index (χ0) is 18.3. The van der Waals surface area contributed by atoms with Crippen LogP contribution in [0.4, 0.5) is 0 Å². The second-order valence-corrected chi connectivity index (χ2v) is 7.52. The molecule has 1 saturated heterocycles. The van der Waals surface area contributed by atoms with Crippen LogP contribution in [0.25, 0.3) is 0 Å². The maximum Gasteiger partial charge on any atom is 0.274 e. The summed E-state index contributed by atoms with van der Waals surface area (Å²) in [6, 6.07) is 1.86. The van der Waals surface area contributed by atoms with E-state index in [0.717, 1.165) is 44.5 Å². The Kier molecular flexibility index (Phi) is 4.30. The normalized spacial score (nSPS) is 21.8. The third-order valence-electron chi connectivity index (χ3n) is 5.94. The quantitative estimate of drug-likeness (QED) is 0.830. The molecular formula is C18H25N5O3. The Bertz CT molecular complexity index is 784.